The van der Waals surface area contributed by atoms with Crippen LogP contribution in [0.15, 0.2) is 42.5 Å². The number of methoxy groups -OCH3 is 1. The fourth-order valence-corrected chi connectivity index (χ4v) is 3.49. The van der Waals surface area contributed by atoms with Gasteiger partial charge in [-0.1, -0.05) is 35.9 Å². The summed E-state index contributed by atoms with van der Waals surface area (Å²) in [6, 6.07) is 12.2. The van der Waals surface area contributed by atoms with Crippen LogP contribution in [0.2, 0.25) is 5.02 Å². The van der Waals surface area contributed by atoms with Crippen LogP contribution in [0.5, 0.6) is 5.75 Å². The summed E-state index contributed by atoms with van der Waals surface area (Å²) in [7, 11) is 3.11. The Balaban J connectivity index is 1.81. The molecule has 0 bridgehead atoms. The summed E-state index contributed by atoms with van der Waals surface area (Å²) in [6.45, 7) is 4.43. The van der Waals surface area contributed by atoms with Crippen molar-refractivity contribution in [2.45, 2.75) is 26.9 Å². The maximum absolute atomic E-state index is 13.9. The van der Waals surface area contributed by atoms with Crippen molar-refractivity contribution in [3.63, 3.8) is 0 Å². The second kappa shape index (κ2) is 8.66. The number of nitrogens with zero attached hydrogens (tertiary/aromatic N) is 3. The van der Waals surface area contributed by atoms with E-state index in [1.165, 1.54) is 13.2 Å². The molecule has 1 heterocycles. The van der Waals surface area contributed by atoms with Gasteiger partial charge < -0.3 is 9.64 Å². The molecular formula is C22H23ClFN3O2. The molecular weight excluding hydrogens is 393 g/mol. The first-order valence-corrected chi connectivity index (χ1v) is 9.55. The molecule has 7 heteroatoms. The van der Waals surface area contributed by atoms with Gasteiger partial charge in [0.25, 0.3) is 5.91 Å². The predicted octanol–water partition coefficient (Wildman–Crippen LogP) is 4.62. The molecule has 1 aromatic heterocycles. The molecule has 0 atom stereocenters. The normalized spacial score (nSPS) is 10.8. The van der Waals surface area contributed by atoms with Gasteiger partial charge in [0.2, 0.25) is 0 Å². The maximum atomic E-state index is 13.9. The molecule has 5 nitrogen and oxygen atoms in total. The van der Waals surface area contributed by atoms with Crippen LogP contribution < -0.4 is 4.74 Å². The van der Waals surface area contributed by atoms with Crippen molar-refractivity contribution < 1.29 is 13.9 Å². The average Bonchev–Trinajstić information content (AvgIpc) is 2.96. The number of amides is 1. The van der Waals surface area contributed by atoms with Crippen LogP contribution in [0.4, 0.5) is 4.39 Å². The number of hydrogen-bond donors (Lipinski definition) is 0. The molecule has 0 unspecified atom stereocenters. The summed E-state index contributed by atoms with van der Waals surface area (Å²) in [5.74, 6) is -0.442. The number of halogens is 2. The van der Waals surface area contributed by atoms with E-state index in [1.54, 1.807) is 28.8 Å². The number of ether oxygens (including phenoxy) is 1. The lowest BCUT2D eigenvalue weighted by Gasteiger charge is -2.18. The summed E-state index contributed by atoms with van der Waals surface area (Å²) in [5, 5.41) is 5.19. The highest BCUT2D eigenvalue weighted by molar-refractivity contribution is 6.31. The lowest BCUT2D eigenvalue weighted by molar-refractivity contribution is 0.0783. The fourth-order valence-electron chi connectivity index (χ4n) is 3.29. The van der Waals surface area contributed by atoms with Gasteiger partial charge in [-0.05, 0) is 43.2 Å². The van der Waals surface area contributed by atoms with Crippen molar-refractivity contribution >= 4 is 17.5 Å². The van der Waals surface area contributed by atoms with Crippen LogP contribution in [-0.2, 0) is 13.1 Å². The highest BCUT2D eigenvalue weighted by Crippen LogP contribution is 2.22. The maximum Gasteiger partial charge on any atom is 0.257 e. The summed E-state index contributed by atoms with van der Waals surface area (Å²) < 4.78 is 20.7. The Morgan fingerprint density at radius 1 is 1.24 bits per heavy atom. The van der Waals surface area contributed by atoms with Crippen LogP contribution in [0, 0.1) is 19.7 Å². The summed E-state index contributed by atoms with van der Waals surface area (Å²) >= 11 is 6.25. The fraction of sp³-hybridized carbons (Fsp3) is 0.273. The molecule has 1 amide bonds. The largest absolute Gasteiger partial charge is 0.494 e. The van der Waals surface area contributed by atoms with E-state index in [2.05, 4.69) is 5.10 Å². The van der Waals surface area contributed by atoms with Crippen molar-refractivity contribution in [2.75, 3.05) is 14.2 Å². The zero-order valence-corrected chi connectivity index (χ0v) is 17.6. The van der Waals surface area contributed by atoms with Crippen LogP contribution in [0.25, 0.3) is 0 Å². The van der Waals surface area contributed by atoms with Crippen molar-refractivity contribution in [3.8, 4) is 5.75 Å². The van der Waals surface area contributed by atoms with Gasteiger partial charge in [-0.2, -0.15) is 5.10 Å². The van der Waals surface area contributed by atoms with E-state index in [9.17, 15) is 9.18 Å². The van der Waals surface area contributed by atoms with E-state index < -0.39 is 5.82 Å². The average molecular weight is 416 g/mol. The van der Waals surface area contributed by atoms with E-state index in [0.717, 1.165) is 11.3 Å². The molecule has 3 aromatic rings. The van der Waals surface area contributed by atoms with E-state index in [4.69, 9.17) is 16.3 Å². The Morgan fingerprint density at radius 3 is 2.62 bits per heavy atom. The number of hydrogen-bond acceptors (Lipinski definition) is 3. The van der Waals surface area contributed by atoms with Crippen molar-refractivity contribution in [2.24, 2.45) is 0 Å². The first-order valence-electron chi connectivity index (χ1n) is 9.17. The van der Waals surface area contributed by atoms with Gasteiger partial charge in [-0.15, -0.1) is 0 Å². The first-order chi connectivity index (χ1) is 13.8. The van der Waals surface area contributed by atoms with Gasteiger partial charge >= 0.3 is 0 Å². The van der Waals surface area contributed by atoms with Crippen LogP contribution in [-0.4, -0.2) is 34.7 Å². The minimum atomic E-state index is -0.453. The van der Waals surface area contributed by atoms with Gasteiger partial charge in [-0.25, -0.2) is 4.39 Å². The topological polar surface area (TPSA) is 47.4 Å². The molecule has 29 heavy (non-hydrogen) atoms. The second-order valence-electron chi connectivity index (χ2n) is 6.92. The molecule has 0 fully saturated rings. The number of carbonyl (C=O) groups excluding carboxylic acids is 1. The smallest absolute Gasteiger partial charge is 0.257 e. The lowest BCUT2D eigenvalue weighted by atomic mass is 10.1. The van der Waals surface area contributed by atoms with Crippen LogP contribution in [0.1, 0.15) is 32.9 Å². The molecule has 0 spiro atoms. The minimum Gasteiger partial charge on any atom is -0.494 e. The monoisotopic (exact) mass is 415 g/mol. The van der Waals surface area contributed by atoms with E-state index in [1.807, 2.05) is 38.1 Å². The third-order valence-electron chi connectivity index (χ3n) is 4.86. The van der Waals surface area contributed by atoms with E-state index >= 15 is 0 Å². The summed E-state index contributed by atoms with van der Waals surface area (Å²) in [6.07, 6.45) is 0. The Bertz CT molecular complexity index is 1050. The Labute approximate surface area is 174 Å². The number of aromatic nitrogens is 2. The van der Waals surface area contributed by atoms with Crippen molar-refractivity contribution in [1.29, 1.82) is 0 Å². The zero-order valence-electron chi connectivity index (χ0n) is 16.9. The Hall–Kier alpha value is -2.86. The van der Waals surface area contributed by atoms with E-state index in [-0.39, 0.29) is 18.2 Å². The Kier molecular flexibility index (Phi) is 6.23. The molecule has 0 saturated carbocycles. The van der Waals surface area contributed by atoms with Gasteiger partial charge in [0.1, 0.15) is 0 Å². The molecule has 2 aromatic carbocycles. The Morgan fingerprint density at radius 2 is 1.97 bits per heavy atom. The lowest BCUT2D eigenvalue weighted by Crippen LogP contribution is -2.27. The summed E-state index contributed by atoms with van der Waals surface area (Å²) in [5.41, 5.74) is 3.57. The SMILES string of the molecule is COc1ccc(CN(C)C(=O)c2c(C)nn(Cc3ccccc3Cl)c2C)cc1F. The number of aryl methyl sites for hydroxylation is 1. The molecule has 0 N–H and O–H groups in total. The van der Waals surface area contributed by atoms with E-state index in [0.29, 0.717) is 28.4 Å². The molecule has 152 valence electrons. The third-order valence-corrected chi connectivity index (χ3v) is 5.22. The summed E-state index contributed by atoms with van der Waals surface area (Å²) in [4.78, 5) is 14.6. The zero-order chi connectivity index (χ0) is 21.1. The quantitative estimate of drug-likeness (QED) is 0.590. The molecule has 0 aliphatic carbocycles. The van der Waals surface area contributed by atoms with Crippen LogP contribution >= 0.6 is 11.6 Å². The molecule has 0 radical (unpaired) electrons. The van der Waals surface area contributed by atoms with Gasteiger partial charge in [0.15, 0.2) is 11.6 Å². The molecule has 0 aliphatic rings. The number of rotatable bonds is 6. The number of carbonyl (C=O) groups is 1. The molecule has 0 aliphatic heterocycles. The predicted molar refractivity (Wildman–Crippen MR) is 111 cm³/mol. The minimum absolute atomic E-state index is 0.165. The van der Waals surface area contributed by atoms with Crippen LogP contribution in [0.3, 0.4) is 0 Å². The standard InChI is InChI=1S/C22H23ClFN3O2/c1-14-21(15(2)27(25-14)13-17-7-5-6-8-18(17)23)22(28)26(3)12-16-9-10-20(29-4)19(24)11-16/h5-11H,12-13H2,1-4H3. The van der Waals surface area contributed by atoms with Gasteiger partial charge in [0.05, 0.1) is 24.9 Å². The molecule has 3 rings (SSSR count). The highest BCUT2D eigenvalue weighted by atomic mass is 35.5. The first kappa shape index (κ1) is 20.9. The molecule has 0 saturated heterocycles. The van der Waals surface area contributed by atoms with Crippen molar-refractivity contribution in [1.82, 2.24) is 14.7 Å². The highest BCUT2D eigenvalue weighted by Gasteiger charge is 2.22. The second-order valence-corrected chi connectivity index (χ2v) is 7.33. The number of benzene rings is 2. The van der Waals surface area contributed by atoms with Gasteiger partial charge in [-0.3, -0.25) is 9.48 Å². The van der Waals surface area contributed by atoms with Crippen molar-refractivity contribution in [3.05, 3.63) is 81.4 Å². The van der Waals surface area contributed by atoms with Gasteiger partial charge in [0, 0.05) is 24.3 Å². The third kappa shape index (κ3) is 4.43.